The number of aliphatic hydroxyl groups is 1. The molecule has 1 aromatic rings. The van der Waals surface area contributed by atoms with Gasteiger partial charge in [-0.3, -0.25) is 9.48 Å². The first kappa shape index (κ1) is 14.6. The molecule has 6 heteroatoms. The van der Waals surface area contributed by atoms with Crippen molar-refractivity contribution < 1.29 is 9.90 Å². The lowest BCUT2D eigenvalue weighted by atomic mass is 9.88. The molecule has 0 unspecified atom stereocenters. The molecule has 0 atom stereocenters. The zero-order chi connectivity index (χ0) is 13.4. The van der Waals surface area contributed by atoms with E-state index < -0.39 is 0 Å². The number of aliphatic hydroxyl groups excluding tert-OH is 1. The Morgan fingerprint density at radius 1 is 1.50 bits per heavy atom. The average molecular weight is 254 g/mol. The van der Waals surface area contributed by atoms with Gasteiger partial charge in [0.15, 0.2) is 0 Å². The lowest BCUT2D eigenvalue weighted by Crippen LogP contribution is -2.34. The van der Waals surface area contributed by atoms with E-state index in [9.17, 15) is 4.79 Å². The Hall–Kier alpha value is -1.43. The van der Waals surface area contributed by atoms with E-state index in [1.807, 2.05) is 0 Å². The lowest BCUT2D eigenvalue weighted by Gasteiger charge is -2.24. The minimum atomic E-state index is 0.0163. The van der Waals surface area contributed by atoms with Gasteiger partial charge in [0.25, 0.3) is 0 Å². The quantitative estimate of drug-likeness (QED) is 0.711. The standard InChI is InChI=1S/C12H22N4O2/c1-12(2,5-3-7-17)8-14-11(18)4-6-16-10-13-9-15-16/h9-10,17H,3-8H2,1-2H3,(H,14,18). The highest BCUT2D eigenvalue weighted by atomic mass is 16.2. The van der Waals surface area contributed by atoms with E-state index >= 15 is 0 Å². The highest BCUT2D eigenvalue weighted by molar-refractivity contribution is 5.75. The van der Waals surface area contributed by atoms with Crippen molar-refractivity contribution in [3.63, 3.8) is 0 Å². The van der Waals surface area contributed by atoms with Gasteiger partial charge in [-0.15, -0.1) is 0 Å². The molecule has 0 radical (unpaired) electrons. The van der Waals surface area contributed by atoms with Crippen molar-refractivity contribution in [1.82, 2.24) is 20.1 Å². The Kier molecular flexibility index (Phi) is 5.77. The highest BCUT2D eigenvalue weighted by Crippen LogP contribution is 2.20. The molecule has 0 saturated heterocycles. The Balaban J connectivity index is 2.20. The Morgan fingerprint density at radius 2 is 2.28 bits per heavy atom. The van der Waals surface area contributed by atoms with Crippen LogP contribution in [0.3, 0.4) is 0 Å². The second-order valence-corrected chi connectivity index (χ2v) is 5.18. The van der Waals surface area contributed by atoms with Gasteiger partial charge in [-0.05, 0) is 18.3 Å². The Bertz CT molecular complexity index is 349. The molecule has 18 heavy (non-hydrogen) atoms. The summed E-state index contributed by atoms with van der Waals surface area (Å²) in [5.74, 6) is 0.0163. The maximum absolute atomic E-state index is 11.6. The molecule has 0 aliphatic carbocycles. The minimum Gasteiger partial charge on any atom is -0.396 e. The third-order valence-corrected chi connectivity index (χ3v) is 2.81. The van der Waals surface area contributed by atoms with Gasteiger partial charge >= 0.3 is 0 Å². The van der Waals surface area contributed by atoms with Crippen LogP contribution < -0.4 is 5.32 Å². The zero-order valence-corrected chi connectivity index (χ0v) is 11.1. The van der Waals surface area contributed by atoms with Gasteiger partial charge in [0, 0.05) is 19.6 Å². The van der Waals surface area contributed by atoms with Gasteiger partial charge in [-0.2, -0.15) is 5.10 Å². The maximum atomic E-state index is 11.6. The van der Waals surface area contributed by atoms with E-state index in [1.54, 1.807) is 11.0 Å². The van der Waals surface area contributed by atoms with Crippen molar-refractivity contribution in [2.75, 3.05) is 13.2 Å². The van der Waals surface area contributed by atoms with E-state index in [1.165, 1.54) is 6.33 Å². The molecule has 0 bridgehead atoms. The van der Waals surface area contributed by atoms with Crippen LogP contribution >= 0.6 is 0 Å². The van der Waals surface area contributed by atoms with Crippen molar-refractivity contribution in [3.8, 4) is 0 Å². The van der Waals surface area contributed by atoms with Gasteiger partial charge < -0.3 is 10.4 Å². The molecular weight excluding hydrogens is 232 g/mol. The van der Waals surface area contributed by atoms with Crippen LogP contribution in [0, 0.1) is 5.41 Å². The fourth-order valence-corrected chi connectivity index (χ4v) is 1.64. The number of aryl methyl sites for hydroxylation is 1. The monoisotopic (exact) mass is 254 g/mol. The first-order valence-corrected chi connectivity index (χ1v) is 6.23. The summed E-state index contributed by atoms with van der Waals surface area (Å²) in [6.07, 6.45) is 5.11. The molecular formula is C12H22N4O2. The van der Waals surface area contributed by atoms with Gasteiger partial charge in [-0.1, -0.05) is 13.8 Å². The van der Waals surface area contributed by atoms with E-state index in [-0.39, 0.29) is 17.9 Å². The number of carbonyl (C=O) groups excluding carboxylic acids is 1. The number of nitrogens with one attached hydrogen (secondary N) is 1. The van der Waals surface area contributed by atoms with Crippen molar-refractivity contribution in [1.29, 1.82) is 0 Å². The largest absolute Gasteiger partial charge is 0.396 e. The van der Waals surface area contributed by atoms with Gasteiger partial charge in [0.1, 0.15) is 12.7 Å². The summed E-state index contributed by atoms with van der Waals surface area (Å²) in [5, 5.41) is 15.6. The second kappa shape index (κ2) is 7.10. The first-order valence-electron chi connectivity index (χ1n) is 6.23. The molecule has 1 rings (SSSR count). The zero-order valence-electron chi connectivity index (χ0n) is 11.1. The van der Waals surface area contributed by atoms with Gasteiger partial charge in [-0.25, -0.2) is 4.98 Å². The number of aromatic nitrogens is 3. The minimum absolute atomic E-state index is 0.0163. The van der Waals surface area contributed by atoms with E-state index in [2.05, 4.69) is 29.2 Å². The molecule has 6 nitrogen and oxygen atoms in total. The van der Waals surface area contributed by atoms with Crippen LogP contribution in [-0.2, 0) is 11.3 Å². The SMILES string of the molecule is CC(C)(CCCO)CNC(=O)CCn1cncn1. The summed E-state index contributed by atoms with van der Waals surface area (Å²) in [6.45, 7) is 5.54. The van der Waals surface area contributed by atoms with Gasteiger partial charge in [0.2, 0.25) is 5.91 Å². The fourth-order valence-electron chi connectivity index (χ4n) is 1.64. The molecule has 0 aromatic carbocycles. The third kappa shape index (κ3) is 5.77. The van der Waals surface area contributed by atoms with E-state index in [0.29, 0.717) is 19.5 Å². The smallest absolute Gasteiger partial charge is 0.221 e. The van der Waals surface area contributed by atoms with Crippen LogP contribution in [0.2, 0.25) is 0 Å². The summed E-state index contributed by atoms with van der Waals surface area (Å²) in [6, 6.07) is 0. The van der Waals surface area contributed by atoms with Crippen LogP contribution in [0.15, 0.2) is 12.7 Å². The second-order valence-electron chi connectivity index (χ2n) is 5.18. The van der Waals surface area contributed by atoms with E-state index in [4.69, 9.17) is 5.11 Å². The predicted molar refractivity (Wildman–Crippen MR) is 67.7 cm³/mol. The van der Waals surface area contributed by atoms with Crippen molar-refractivity contribution in [2.45, 2.75) is 39.7 Å². The first-order chi connectivity index (χ1) is 8.53. The molecule has 2 N–H and O–H groups in total. The van der Waals surface area contributed by atoms with Crippen molar-refractivity contribution in [3.05, 3.63) is 12.7 Å². The molecule has 0 aliphatic heterocycles. The van der Waals surface area contributed by atoms with Crippen molar-refractivity contribution >= 4 is 5.91 Å². The number of carbonyl (C=O) groups is 1. The molecule has 0 spiro atoms. The molecule has 0 aliphatic rings. The summed E-state index contributed by atoms with van der Waals surface area (Å²) in [7, 11) is 0. The number of amides is 1. The van der Waals surface area contributed by atoms with Crippen LogP contribution in [-0.4, -0.2) is 38.9 Å². The summed E-state index contributed by atoms with van der Waals surface area (Å²) in [5.41, 5.74) is 0.0195. The fraction of sp³-hybridized carbons (Fsp3) is 0.750. The van der Waals surface area contributed by atoms with Crippen LogP contribution in [0.4, 0.5) is 0 Å². The van der Waals surface area contributed by atoms with Crippen molar-refractivity contribution in [2.24, 2.45) is 5.41 Å². The maximum Gasteiger partial charge on any atom is 0.221 e. The number of hydrogen-bond donors (Lipinski definition) is 2. The average Bonchev–Trinajstić information content (AvgIpc) is 2.84. The number of nitrogens with zero attached hydrogens (tertiary/aromatic N) is 3. The van der Waals surface area contributed by atoms with Crippen LogP contribution in [0.1, 0.15) is 33.1 Å². The third-order valence-electron chi connectivity index (χ3n) is 2.81. The summed E-state index contributed by atoms with van der Waals surface area (Å²) >= 11 is 0. The normalized spacial score (nSPS) is 11.5. The molecule has 102 valence electrons. The summed E-state index contributed by atoms with van der Waals surface area (Å²) < 4.78 is 1.64. The molecule has 0 saturated carbocycles. The number of rotatable bonds is 8. The number of hydrogen-bond acceptors (Lipinski definition) is 4. The van der Waals surface area contributed by atoms with E-state index in [0.717, 1.165) is 12.8 Å². The predicted octanol–water partition coefficient (Wildman–Crippen LogP) is 0.583. The van der Waals surface area contributed by atoms with Crippen LogP contribution in [0.5, 0.6) is 0 Å². The highest BCUT2D eigenvalue weighted by Gasteiger charge is 2.18. The Labute approximate surface area is 107 Å². The molecule has 1 amide bonds. The molecule has 1 aromatic heterocycles. The molecule has 1 heterocycles. The topological polar surface area (TPSA) is 80.0 Å². The molecule has 0 fully saturated rings. The van der Waals surface area contributed by atoms with Crippen LogP contribution in [0.25, 0.3) is 0 Å². The van der Waals surface area contributed by atoms with Gasteiger partial charge in [0.05, 0.1) is 6.54 Å². The Morgan fingerprint density at radius 3 is 2.89 bits per heavy atom. The summed E-state index contributed by atoms with van der Waals surface area (Å²) in [4.78, 5) is 15.5. The lowest BCUT2D eigenvalue weighted by molar-refractivity contribution is -0.121.